The molecule has 2 aromatic rings. The number of anilines is 1. The number of sulfonamides is 1. The largest absolute Gasteiger partial charge is 0.516 e. The molecule has 3 N–H and O–H groups in total. The van der Waals surface area contributed by atoms with Gasteiger partial charge in [0.25, 0.3) is 0 Å². The van der Waals surface area contributed by atoms with E-state index in [1.807, 2.05) is 24.3 Å². The van der Waals surface area contributed by atoms with Crippen LogP contribution in [0.15, 0.2) is 48.5 Å². The van der Waals surface area contributed by atoms with Gasteiger partial charge in [0.2, 0.25) is 0 Å². The summed E-state index contributed by atoms with van der Waals surface area (Å²) in [6, 6.07) is 13.6. The second-order valence-electron chi connectivity index (χ2n) is 5.76. The Bertz CT molecular complexity index is 848. The Morgan fingerprint density at radius 3 is 2.21 bits per heavy atom. The molecule has 0 aromatic heterocycles. The van der Waals surface area contributed by atoms with Crippen molar-refractivity contribution in [3.8, 4) is 11.1 Å². The molecule has 0 bridgehead atoms. The Morgan fingerprint density at radius 1 is 1.04 bits per heavy atom. The van der Waals surface area contributed by atoms with Crippen LogP contribution in [-0.2, 0) is 10.0 Å². The van der Waals surface area contributed by atoms with Crippen molar-refractivity contribution in [1.29, 1.82) is 0 Å². The standard InChI is InChI=1S/C16H15F3N2O2S/c17-16(18,19)24(22,23)21-13-3-1-2-12(8-13)10-4-6-11(7-5-10)14-9-15(14)20/h1-8,14-15,21H,9,20H2/t14-,15+/m0/s1. The first-order valence-corrected chi connectivity index (χ1v) is 8.71. The zero-order valence-electron chi connectivity index (χ0n) is 12.4. The Labute approximate surface area is 137 Å². The molecule has 0 heterocycles. The predicted molar refractivity (Wildman–Crippen MR) is 85.8 cm³/mol. The summed E-state index contributed by atoms with van der Waals surface area (Å²) in [5.41, 5.74) is 2.83. The van der Waals surface area contributed by atoms with E-state index in [2.05, 4.69) is 0 Å². The van der Waals surface area contributed by atoms with E-state index in [9.17, 15) is 21.6 Å². The van der Waals surface area contributed by atoms with Crippen LogP contribution in [0, 0.1) is 0 Å². The molecule has 8 heteroatoms. The molecule has 2 atom stereocenters. The second-order valence-corrected chi connectivity index (χ2v) is 7.43. The summed E-state index contributed by atoms with van der Waals surface area (Å²) >= 11 is 0. The average Bonchev–Trinajstić information content (AvgIpc) is 3.23. The van der Waals surface area contributed by atoms with Gasteiger partial charge in [-0.15, -0.1) is 0 Å². The zero-order valence-corrected chi connectivity index (χ0v) is 13.2. The van der Waals surface area contributed by atoms with Gasteiger partial charge < -0.3 is 5.73 Å². The molecule has 0 saturated heterocycles. The Hall–Kier alpha value is -2.06. The minimum atomic E-state index is -5.43. The predicted octanol–water partition coefficient (Wildman–Crippen LogP) is 3.43. The van der Waals surface area contributed by atoms with Crippen LogP contribution in [-0.4, -0.2) is 20.0 Å². The van der Waals surface area contributed by atoms with Gasteiger partial charge in [0.05, 0.1) is 0 Å². The lowest BCUT2D eigenvalue weighted by Crippen LogP contribution is -2.29. The minimum Gasteiger partial charge on any atom is -0.327 e. The molecule has 1 aliphatic rings. The summed E-state index contributed by atoms with van der Waals surface area (Å²) in [6.07, 6.45) is 0.952. The number of alkyl halides is 3. The molecule has 1 fully saturated rings. The summed E-state index contributed by atoms with van der Waals surface area (Å²) in [5, 5.41) is 0. The van der Waals surface area contributed by atoms with Crippen LogP contribution in [0.5, 0.6) is 0 Å². The minimum absolute atomic E-state index is 0.141. The number of nitrogens with two attached hydrogens (primary N) is 1. The van der Waals surface area contributed by atoms with Crippen LogP contribution in [0.2, 0.25) is 0 Å². The van der Waals surface area contributed by atoms with Crippen molar-refractivity contribution >= 4 is 15.7 Å². The highest BCUT2D eigenvalue weighted by atomic mass is 32.2. The molecule has 2 aromatic carbocycles. The lowest BCUT2D eigenvalue weighted by atomic mass is 10.0. The highest BCUT2D eigenvalue weighted by Crippen LogP contribution is 2.39. The summed E-state index contributed by atoms with van der Waals surface area (Å²) in [6.45, 7) is 0. The van der Waals surface area contributed by atoms with E-state index in [1.165, 1.54) is 18.2 Å². The molecule has 3 rings (SSSR count). The maximum absolute atomic E-state index is 12.4. The van der Waals surface area contributed by atoms with E-state index in [4.69, 9.17) is 5.73 Å². The number of hydrogen-bond donors (Lipinski definition) is 2. The van der Waals surface area contributed by atoms with Gasteiger partial charge in [-0.05, 0) is 35.2 Å². The molecule has 0 spiro atoms. The molecule has 4 nitrogen and oxygen atoms in total. The van der Waals surface area contributed by atoms with E-state index >= 15 is 0 Å². The Morgan fingerprint density at radius 2 is 1.67 bits per heavy atom. The van der Waals surface area contributed by atoms with Gasteiger partial charge in [-0.1, -0.05) is 36.4 Å². The van der Waals surface area contributed by atoms with E-state index in [0.29, 0.717) is 11.5 Å². The fraction of sp³-hybridized carbons (Fsp3) is 0.250. The highest BCUT2D eigenvalue weighted by molar-refractivity contribution is 7.93. The van der Waals surface area contributed by atoms with Crippen LogP contribution >= 0.6 is 0 Å². The van der Waals surface area contributed by atoms with Crippen LogP contribution in [0.4, 0.5) is 18.9 Å². The molecular formula is C16H15F3N2O2S. The van der Waals surface area contributed by atoms with Gasteiger partial charge >= 0.3 is 15.5 Å². The molecule has 24 heavy (non-hydrogen) atoms. The third kappa shape index (κ3) is 3.39. The van der Waals surface area contributed by atoms with Crippen LogP contribution < -0.4 is 10.5 Å². The van der Waals surface area contributed by atoms with Crippen molar-refractivity contribution in [1.82, 2.24) is 0 Å². The van der Waals surface area contributed by atoms with Crippen molar-refractivity contribution in [2.75, 3.05) is 4.72 Å². The summed E-state index contributed by atoms with van der Waals surface area (Å²) in [7, 11) is -5.43. The normalized spacial score (nSPS) is 20.7. The Kier molecular flexibility index (Phi) is 4.05. The topological polar surface area (TPSA) is 72.2 Å². The first-order chi connectivity index (χ1) is 11.2. The number of benzene rings is 2. The maximum Gasteiger partial charge on any atom is 0.516 e. The third-order valence-electron chi connectivity index (χ3n) is 3.93. The SMILES string of the molecule is N[C@@H]1C[C@H]1c1ccc(-c2cccc(NS(=O)(=O)C(F)(F)F)c2)cc1. The van der Waals surface area contributed by atoms with Crippen LogP contribution in [0.3, 0.4) is 0 Å². The second kappa shape index (κ2) is 5.78. The third-order valence-corrected chi connectivity index (χ3v) is 5.05. The molecular weight excluding hydrogens is 341 g/mol. The molecule has 0 amide bonds. The monoisotopic (exact) mass is 356 g/mol. The van der Waals surface area contributed by atoms with Crippen molar-refractivity contribution in [3.05, 3.63) is 54.1 Å². The van der Waals surface area contributed by atoms with Gasteiger partial charge in [0.15, 0.2) is 0 Å². The van der Waals surface area contributed by atoms with Crippen LogP contribution in [0.1, 0.15) is 17.9 Å². The first-order valence-electron chi connectivity index (χ1n) is 7.22. The van der Waals surface area contributed by atoms with E-state index in [0.717, 1.165) is 17.5 Å². The number of rotatable bonds is 4. The van der Waals surface area contributed by atoms with E-state index < -0.39 is 15.5 Å². The summed E-state index contributed by atoms with van der Waals surface area (Å²) in [5.74, 6) is 0.365. The molecule has 0 aliphatic heterocycles. The fourth-order valence-electron chi connectivity index (χ4n) is 2.50. The van der Waals surface area contributed by atoms with Gasteiger partial charge in [-0.25, -0.2) is 0 Å². The van der Waals surface area contributed by atoms with Crippen molar-refractivity contribution in [2.45, 2.75) is 23.9 Å². The number of hydrogen-bond acceptors (Lipinski definition) is 3. The van der Waals surface area contributed by atoms with Crippen LogP contribution in [0.25, 0.3) is 11.1 Å². The van der Waals surface area contributed by atoms with E-state index in [1.54, 1.807) is 10.8 Å². The fourth-order valence-corrected chi connectivity index (χ4v) is 3.05. The number of nitrogens with one attached hydrogen (secondary N) is 1. The lowest BCUT2D eigenvalue weighted by Gasteiger charge is -2.11. The lowest BCUT2D eigenvalue weighted by molar-refractivity contribution is -0.0429. The zero-order chi connectivity index (χ0) is 17.5. The van der Waals surface area contributed by atoms with Crippen molar-refractivity contribution < 1.29 is 21.6 Å². The number of halogens is 3. The Balaban J connectivity index is 1.83. The van der Waals surface area contributed by atoms with Gasteiger partial charge in [-0.3, -0.25) is 4.72 Å². The van der Waals surface area contributed by atoms with Crippen molar-refractivity contribution in [2.24, 2.45) is 5.73 Å². The first kappa shape index (κ1) is 16.8. The van der Waals surface area contributed by atoms with Gasteiger partial charge in [0.1, 0.15) is 0 Å². The quantitative estimate of drug-likeness (QED) is 0.882. The smallest absolute Gasteiger partial charge is 0.327 e. The van der Waals surface area contributed by atoms with Gasteiger partial charge in [-0.2, -0.15) is 21.6 Å². The molecule has 1 aliphatic carbocycles. The van der Waals surface area contributed by atoms with Crippen molar-refractivity contribution in [3.63, 3.8) is 0 Å². The molecule has 0 unspecified atom stereocenters. The average molecular weight is 356 g/mol. The molecule has 128 valence electrons. The maximum atomic E-state index is 12.4. The summed E-state index contributed by atoms with van der Waals surface area (Å²) in [4.78, 5) is 0. The molecule has 0 radical (unpaired) electrons. The van der Waals surface area contributed by atoms with Gasteiger partial charge in [0, 0.05) is 17.6 Å². The molecule has 1 saturated carbocycles. The highest BCUT2D eigenvalue weighted by Gasteiger charge is 2.46. The summed E-state index contributed by atoms with van der Waals surface area (Å²) < 4.78 is 61.2. The van der Waals surface area contributed by atoms with E-state index in [-0.39, 0.29) is 11.7 Å².